The third-order valence-electron chi connectivity index (χ3n) is 6.87. The van der Waals surface area contributed by atoms with E-state index in [2.05, 4.69) is 9.88 Å². The number of furan rings is 1. The van der Waals surface area contributed by atoms with E-state index in [9.17, 15) is 14.4 Å². The van der Waals surface area contributed by atoms with Gasteiger partial charge in [-0.15, -0.1) is 23.1 Å². The lowest BCUT2D eigenvalue weighted by molar-refractivity contribution is 0.0953. The van der Waals surface area contributed by atoms with Gasteiger partial charge in [-0.1, -0.05) is 18.2 Å². The molecule has 0 saturated heterocycles. The number of aryl methyl sites for hydroxylation is 2. The number of carbonyl (C=O) groups excluding carboxylic acids is 1. The molecule has 0 unspecified atom stereocenters. The van der Waals surface area contributed by atoms with Gasteiger partial charge < -0.3 is 14.3 Å². The Labute approximate surface area is 236 Å². The fourth-order valence-corrected chi connectivity index (χ4v) is 7.50. The summed E-state index contributed by atoms with van der Waals surface area (Å²) in [6, 6.07) is 12.5. The Morgan fingerprint density at radius 1 is 1.15 bits per heavy atom. The minimum atomic E-state index is -0.416. The van der Waals surface area contributed by atoms with E-state index in [0.29, 0.717) is 46.0 Å². The quantitative estimate of drug-likeness (QED) is 0.331. The summed E-state index contributed by atoms with van der Waals surface area (Å²) in [6.45, 7) is 2.77. The molecule has 0 fully saturated rings. The number of hydrogen-bond acceptors (Lipinski definition) is 7. The van der Waals surface area contributed by atoms with Crippen molar-refractivity contribution in [1.82, 2.24) is 24.0 Å². The van der Waals surface area contributed by atoms with Crippen LogP contribution in [0.1, 0.15) is 32.8 Å². The smallest absolute Gasteiger partial charge is 0.331 e. The topological polar surface area (TPSA) is 104 Å². The fraction of sp³-hybridized carbons (Fsp3) is 0.259. The highest BCUT2D eigenvalue weighted by Crippen LogP contribution is 2.49. The van der Waals surface area contributed by atoms with E-state index < -0.39 is 5.69 Å². The predicted octanol–water partition coefficient (Wildman–Crippen LogP) is 4.35. The Morgan fingerprint density at radius 2 is 1.92 bits per heavy atom. The first-order valence-corrected chi connectivity index (χ1v) is 14.4. The molecule has 0 spiro atoms. The zero-order chi connectivity index (χ0) is 27.4. The number of hydrogen-bond donors (Lipinski definition) is 1. The van der Waals surface area contributed by atoms with Gasteiger partial charge in [0.25, 0.3) is 11.5 Å². The van der Waals surface area contributed by atoms with E-state index in [1.807, 2.05) is 30.5 Å². The summed E-state index contributed by atoms with van der Waals surface area (Å²) in [4.78, 5) is 44.2. The Hall–Kier alpha value is -3.54. The molecule has 1 amide bonds. The molecule has 0 bridgehead atoms. The molecule has 1 aliphatic heterocycles. The maximum Gasteiger partial charge on any atom is 0.331 e. The average molecular weight is 582 g/mol. The van der Waals surface area contributed by atoms with E-state index in [4.69, 9.17) is 21.0 Å². The van der Waals surface area contributed by atoms with Gasteiger partial charge >= 0.3 is 5.69 Å². The molecule has 39 heavy (non-hydrogen) atoms. The molecule has 12 heteroatoms. The van der Waals surface area contributed by atoms with Crippen molar-refractivity contribution in [1.29, 1.82) is 0 Å². The van der Waals surface area contributed by atoms with Crippen LogP contribution in [-0.4, -0.2) is 36.4 Å². The summed E-state index contributed by atoms with van der Waals surface area (Å²) >= 11 is 9.23. The lowest BCUT2D eigenvalue weighted by Crippen LogP contribution is -2.37. The number of carbonyl (C=O) groups is 1. The second-order valence-electron chi connectivity index (χ2n) is 9.42. The molecule has 1 aliphatic rings. The molecular weight excluding hydrogens is 558 g/mol. The number of thioether (sulfide) groups is 1. The Bertz CT molecular complexity index is 1850. The Balaban J connectivity index is 1.55. The van der Waals surface area contributed by atoms with E-state index in [1.165, 1.54) is 23.0 Å². The number of amides is 1. The number of aromatic nitrogens is 4. The van der Waals surface area contributed by atoms with Crippen molar-refractivity contribution in [2.24, 2.45) is 14.1 Å². The van der Waals surface area contributed by atoms with Crippen molar-refractivity contribution in [3.05, 3.63) is 96.6 Å². The largest absolute Gasteiger partial charge is 0.448 e. The molecule has 200 valence electrons. The molecule has 5 aromatic rings. The number of thiazole rings is 1. The average Bonchev–Trinajstić information content (AvgIpc) is 3.66. The van der Waals surface area contributed by atoms with Crippen molar-refractivity contribution in [3.8, 4) is 10.7 Å². The number of halogens is 1. The zero-order valence-corrected chi connectivity index (χ0v) is 23.7. The highest BCUT2D eigenvalue weighted by molar-refractivity contribution is 8.00. The fourth-order valence-electron chi connectivity index (χ4n) is 5.07. The summed E-state index contributed by atoms with van der Waals surface area (Å²) in [5.74, 6) is 0.434. The summed E-state index contributed by atoms with van der Waals surface area (Å²) in [5.41, 5.74) is 2.60. The molecular formula is C27H24ClN5O4S2. The zero-order valence-electron chi connectivity index (χ0n) is 21.3. The minimum absolute atomic E-state index is 0.0819. The van der Waals surface area contributed by atoms with Crippen molar-refractivity contribution >= 4 is 51.5 Å². The molecule has 6 rings (SSSR count). The Kier molecular flexibility index (Phi) is 6.52. The van der Waals surface area contributed by atoms with Crippen LogP contribution in [0.4, 0.5) is 0 Å². The normalized spacial score (nSPS) is 16.9. The van der Waals surface area contributed by atoms with Gasteiger partial charge in [-0.3, -0.25) is 18.7 Å². The van der Waals surface area contributed by atoms with Crippen LogP contribution in [0.25, 0.3) is 21.6 Å². The van der Waals surface area contributed by atoms with Gasteiger partial charge in [-0.25, -0.2) is 9.78 Å². The highest BCUT2D eigenvalue weighted by Gasteiger charge is 2.38. The maximum atomic E-state index is 13.6. The lowest BCUT2D eigenvalue weighted by atomic mass is 10.2. The molecule has 9 nitrogen and oxygen atoms in total. The third-order valence-corrected chi connectivity index (χ3v) is 9.47. The lowest BCUT2D eigenvalue weighted by Gasteiger charge is -2.31. The monoisotopic (exact) mass is 581 g/mol. The summed E-state index contributed by atoms with van der Waals surface area (Å²) in [6.07, 6.45) is 0. The molecule has 2 atom stereocenters. The number of rotatable bonds is 5. The van der Waals surface area contributed by atoms with Gasteiger partial charge in [0, 0.05) is 49.1 Å². The van der Waals surface area contributed by atoms with Crippen molar-refractivity contribution in [2.75, 3.05) is 6.54 Å². The van der Waals surface area contributed by atoms with Crippen LogP contribution in [0.2, 0.25) is 5.22 Å². The van der Waals surface area contributed by atoms with Crippen LogP contribution in [0.5, 0.6) is 0 Å². The standard InChI is InChI=1S/C27H24ClN5O4S2/c1-14-13-38-25(30-14)21-19-20(31(2)27(36)32(3)26(19)35)22-23(17-9-10-18(28)37-17)39-16(12-33(21)22)11-29-24(34)15-7-5-4-6-8-15/h4-10,13,16,23H,11-12H2,1-3H3,(H,29,34)/t16-,23+/m0/s1. The Morgan fingerprint density at radius 3 is 2.59 bits per heavy atom. The number of nitrogens with zero attached hydrogens (tertiary/aromatic N) is 4. The van der Waals surface area contributed by atoms with Gasteiger partial charge in [0.2, 0.25) is 0 Å². The van der Waals surface area contributed by atoms with Gasteiger partial charge in [0.15, 0.2) is 5.22 Å². The molecule has 0 saturated carbocycles. The molecule has 4 aromatic heterocycles. The van der Waals surface area contributed by atoms with Gasteiger partial charge in [0.1, 0.15) is 16.0 Å². The molecule has 5 heterocycles. The van der Waals surface area contributed by atoms with Crippen molar-refractivity contribution in [2.45, 2.75) is 24.0 Å². The maximum absolute atomic E-state index is 13.6. The second-order valence-corrected chi connectivity index (χ2v) is 12.1. The van der Waals surface area contributed by atoms with Crippen LogP contribution in [0.3, 0.4) is 0 Å². The van der Waals surface area contributed by atoms with Crippen molar-refractivity contribution in [3.63, 3.8) is 0 Å². The summed E-state index contributed by atoms with van der Waals surface area (Å²) in [7, 11) is 3.16. The first-order valence-electron chi connectivity index (χ1n) is 12.2. The van der Waals surface area contributed by atoms with E-state index in [1.54, 1.807) is 43.1 Å². The number of benzene rings is 1. The number of fused-ring (bicyclic) bond motifs is 3. The highest BCUT2D eigenvalue weighted by atomic mass is 35.5. The van der Waals surface area contributed by atoms with E-state index in [-0.39, 0.29) is 27.2 Å². The first-order chi connectivity index (χ1) is 18.7. The minimum Gasteiger partial charge on any atom is -0.448 e. The SMILES string of the molecule is Cc1csc(-c2c3c(=O)n(C)c(=O)n(C)c3c3n2C[C@H](CNC(=O)c2ccccc2)S[C@@H]3c2ccc(Cl)o2)n1. The van der Waals surface area contributed by atoms with Crippen LogP contribution < -0.4 is 16.6 Å². The first kappa shape index (κ1) is 25.7. The van der Waals surface area contributed by atoms with Gasteiger partial charge in [0.05, 0.1) is 22.3 Å². The second kappa shape index (κ2) is 9.89. The number of nitrogens with one attached hydrogen (secondary N) is 1. The van der Waals surface area contributed by atoms with Crippen LogP contribution >= 0.6 is 34.7 Å². The molecule has 1 aromatic carbocycles. The van der Waals surface area contributed by atoms with Gasteiger partial charge in [-0.2, -0.15) is 0 Å². The van der Waals surface area contributed by atoms with Crippen molar-refractivity contribution < 1.29 is 9.21 Å². The molecule has 0 radical (unpaired) electrons. The predicted molar refractivity (Wildman–Crippen MR) is 154 cm³/mol. The van der Waals surface area contributed by atoms with Crippen LogP contribution in [-0.2, 0) is 20.6 Å². The summed E-state index contributed by atoms with van der Waals surface area (Å²) in [5, 5.41) is 5.88. The summed E-state index contributed by atoms with van der Waals surface area (Å²) < 4.78 is 10.6. The third kappa shape index (κ3) is 4.34. The van der Waals surface area contributed by atoms with Gasteiger partial charge in [-0.05, 0) is 42.8 Å². The molecule has 1 N–H and O–H groups in total. The molecule has 0 aliphatic carbocycles. The van der Waals surface area contributed by atoms with Crippen LogP contribution in [0.15, 0.2) is 61.9 Å². The van der Waals surface area contributed by atoms with E-state index in [0.717, 1.165) is 16.0 Å². The van der Waals surface area contributed by atoms with E-state index >= 15 is 0 Å². The van der Waals surface area contributed by atoms with Crippen LogP contribution in [0, 0.1) is 6.92 Å².